The maximum atomic E-state index is 14.1. The van der Waals surface area contributed by atoms with Crippen molar-refractivity contribution in [1.29, 1.82) is 0 Å². The zero-order valence-corrected chi connectivity index (χ0v) is 20.2. The molecule has 0 aromatic rings. The van der Waals surface area contributed by atoms with Gasteiger partial charge in [0, 0.05) is 12.1 Å². The lowest BCUT2D eigenvalue weighted by molar-refractivity contribution is -0.158. The van der Waals surface area contributed by atoms with Gasteiger partial charge < -0.3 is 24.4 Å². The molecule has 0 aromatic heterocycles. The Morgan fingerprint density at radius 2 is 2.06 bits per heavy atom. The minimum atomic E-state index is -1.09. The third-order valence-corrected chi connectivity index (χ3v) is 7.23. The van der Waals surface area contributed by atoms with Gasteiger partial charge in [-0.2, -0.15) is 0 Å². The fraction of sp³-hybridized carbons (Fsp3) is 0.792. The third-order valence-electron chi connectivity index (χ3n) is 7.23. The van der Waals surface area contributed by atoms with Crippen LogP contribution in [0.25, 0.3) is 0 Å². The van der Waals surface area contributed by atoms with Gasteiger partial charge in [0.1, 0.15) is 11.6 Å². The van der Waals surface area contributed by atoms with Crippen molar-refractivity contribution in [3.8, 4) is 0 Å². The van der Waals surface area contributed by atoms with E-state index in [4.69, 9.17) is 9.47 Å². The molecule has 3 rings (SSSR count). The van der Waals surface area contributed by atoms with Crippen LogP contribution in [0.4, 0.5) is 0 Å². The van der Waals surface area contributed by atoms with Gasteiger partial charge in [0.05, 0.1) is 37.2 Å². The molecule has 1 N–H and O–H groups in total. The normalized spacial score (nSPS) is 32.2. The van der Waals surface area contributed by atoms with Crippen LogP contribution < -0.4 is 0 Å². The summed E-state index contributed by atoms with van der Waals surface area (Å²) in [6.07, 6.45) is 2.33. The zero-order chi connectivity index (χ0) is 24.0. The first kappa shape index (κ1) is 24.7. The van der Waals surface area contributed by atoms with Gasteiger partial charge in [-0.25, -0.2) is 0 Å². The Morgan fingerprint density at radius 3 is 2.56 bits per heavy atom. The predicted molar refractivity (Wildman–Crippen MR) is 118 cm³/mol. The fourth-order valence-electron chi connectivity index (χ4n) is 5.83. The number of fused-ring (bicyclic) bond motifs is 1. The number of esters is 1. The van der Waals surface area contributed by atoms with Crippen molar-refractivity contribution >= 4 is 17.8 Å². The molecule has 1 spiro atoms. The van der Waals surface area contributed by atoms with Crippen LogP contribution in [0.15, 0.2) is 12.7 Å². The van der Waals surface area contributed by atoms with Gasteiger partial charge in [-0.1, -0.05) is 19.9 Å². The Kier molecular flexibility index (Phi) is 6.78. The Balaban J connectivity index is 2.14. The van der Waals surface area contributed by atoms with Crippen molar-refractivity contribution in [2.75, 3.05) is 19.8 Å². The van der Waals surface area contributed by atoms with Gasteiger partial charge in [-0.05, 0) is 46.5 Å². The lowest BCUT2D eigenvalue weighted by Gasteiger charge is -2.44. The van der Waals surface area contributed by atoms with Crippen LogP contribution in [-0.4, -0.2) is 81.8 Å². The van der Waals surface area contributed by atoms with Crippen LogP contribution >= 0.6 is 0 Å². The van der Waals surface area contributed by atoms with Crippen LogP contribution in [-0.2, 0) is 23.9 Å². The van der Waals surface area contributed by atoms with Gasteiger partial charge in [-0.15, -0.1) is 6.58 Å². The molecule has 0 saturated carbocycles. The minimum Gasteiger partial charge on any atom is -0.466 e. The monoisotopic (exact) mass is 450 g/mol. The Hall–Kier alpha value is -1.93. The van der Waals surface area contributed by atoms with E-state index >= 15 is 0 Å². The lowest BCUT2D eigenvalue weighted by Crippen LogP contribution is -2.62. The highest BCUT2D eigenvalue weighted by molar-refractivity contribution is 5.98. The highest BCUT2D eigenvalue weighted by Gasteiger charge is 2.75. The van der Waals surface area contributed by atoms with Gasteiger partial charge in [0.25, 0.3) is 0 Å². The van der Waals surface area contributed by atoms with Crippen LogP contribution in [0.1, 0.15) is 54.4 Å². The van der Waals surface area contributed by atoms with E-state index in [0.717, 1.165) is 0 Å². The third kappa shape index (κ3) is 3.65. The Morgan fingerprint density at radius 1 is 1.41 bits per heavy atom. The molecule has 3 saturated heterocycles. The summed E-state index contributed by atoms with van der Waals surface area (Å²) in [5.74, 6) is -2.59. The summed E-state index contributed by atoms with van der Waals surface area (Å²) in [5, 5.41) is 10.2. The molecular formula is C24H38N2O6. The molecular weight excluding hydrogens is 412 g/mol. The van der Waals surface area contributed by atoms with Crippen LogP contribution in [0.5, 0.6) is 0 Å². The molecule has 3 aliphatic rings. The first-order chi connectivity index (χ1) is 15.0. The second-order valence-corrected chi connectivity index (χ2v) is 10.5. The molecule has 8 nitrogen and oxygen atoms in total. The van der Waals surface area contributed by atoms with Crippen molar-refractivity contribution in [2.45, 2.75) is 83.7 Å². The Bertz CT molecular complexity index is 775. The highest BCUT2D eigenvalue weighted by Crippen LogP contribution is 2.59. The second kappa shape index (κ2) is 8.78. The molecule has 180 valence electrons. The second-order valence-electron chi connectivity index (χ2n) is 10.5. The standard InChI is InChI=1S/C24H38N2O6/c1-8-12-25(23(5,6)7)21(29)19-24-11-10-16(32-24)17(22(30)31-9-2)18(24)20(28)26(19)15(13-27)14(3)4/h8,14-19,27H,1,9-13H2,2-7H3/t15-,16-,17+,18-,19?,24?/m0/s1. The largest absolute Gasteiger partial charge is 0.466 e. The van der Waals surface area contributed by atoms with Crippen LogP contribution in [0.3, 0.4) is 0 Å². The number of hydrogen-bond donors (Lipinski definition) is 1. The summed E-state index contributed by atoms with van der Waals surface area (Å²) in [6, 6.07) is -1.48. The molecule has 0 aliphatic carbocycles. The summed E-state index contributed by atoms with van der Waals surface area (Å²) in [5.41, 5.74) is -1.61. The van der Waals surface area contributed by atoms with E-state index in [-0.39, 0.29) is 30.9 Å². The molecule has 0 radical (unpaired) electrons. The van der Waals surface area contributed by atoms with E-state index in [9.17, 15) is 19.5 Å². The quantitative estimate of drug-likeness (QED) is 0.447. The molecule has 6 atom stereocenters. The van der Waals surface area contributed by atoms with Crippen molar-refractivity contribution in [1.82, 2.24) is 9.80 Å². The van der Waals surface area contributed by atoms with Crippen molar-refractivity contribution in [3.05, 3.63) is 12.7 Å². The zero-order valence-electron chi connectivity index (χ0n) is 20.2. The molecule has 8 heteroatoms. The SMILES string of the molecule is C=CCN(C(=O)C1N([C@@H](CO)C(C)C)C(=O)[C@@H]2[C@H](C(=O)OCC)[C@@H]3CCC12O3)C(C)(C)C. The van der Waals surface area contributed by atoms with Crippen LogP contribution in [0.2, 0.25) is 0 Å². The van der Waals surface area contributed by atoms with Crippen molar-refractivity contribution in [3.63, 3.8) is 0 Å². The van der Waals surface area contributed by atoms with Gasteiger partial charge in [-0.3, -0.25) is 14.4 Å². The number of ether oxygens (including phenoxy) is 2. The van der Waals surface area contributed by atoms with Crippen LogP contribution in [0, 0.1) is 17.8 Å². The predicted octanol–water partition coefficient (Wildman–Crippen LogP) is 1.75. The summed E-state index contributed by atoms with van der Waals surface area (Å²) < 4.78 is 11.7. The number of nitrogens with zero attached hydrogens (tertiary/aromatic N) is 2. The highest BCUT2D eigenvalue weighted by atomic mass is 16.6. The minimum absolute atomic E-state index is 0.0878. The van der Waals surface area contributed by atoms with Gasteiger partial charge >= 0.3 is 5.97 Å². The lowest BCUT2D eigenvalue weighted by atomic mass is 9.70. The van der Waals surface area contributed by atoms with Crippen molar-refractivity contribution < 1.29 is 29.0 Å². The molecule has 2 unspecified atom stereocenters. The summed E-state index contributed by atoms with van der Waals surface area (Å²) in [4.78, 5) is 44.1. The number of likely N-dealkylation sites (tertiary alicyclic amines) is 1. The van der Waals surface area contributed by atoms with E-state index in [1.807, 2.05) is 34.6 Å². The fourth-order valence-corrected chi connectivity index (χ4v) is 5.83. The number of carbonyl (C=O) groups is 3. The topological polar surface area (TPSA) is 96.4 Å². The van der Waals surface area contributed by atoms with E-state index in [2.05, 4.69) is 6.58 Å². The first-order valence-electron chi connectivity index (χ1n) is 11.7. The molecule has 3 heterocycles. The number of amides is 2. The summed E-state index contributed by atoms with van der Waals surface area (Å²) >= 11 is 0. The van der Waals surface area contributed by atoms with E-state index < -0.39 is 47.1 Å². The molecule has 3 aliphatic heterocycles. The van der Waals surface area contributed by atoms with E-state index in [1.165, 1.54) is 4.90 Å². The molecule has 2 amide bonds. The number of aliphatic hydroxyl groups is 1. The maximum absolute atomic E-state index is 14.1. The first-order valence-corrected chi connectivity index (χ1v) is 11.7. The summed E-state index contributed by atoms with van der Waals surface area (Å²) in [6.45, 7) is 15.4. The molecule has 2 bridgehead atoms. The number of carbonyl (C=O) groups excluding carboxylic acids is 3. The summed E-state index contributed by atoms with van der Waals surface area (Å²) in [7, 11) is 0. The van der Waals surface area contributed by atoms with E-state index in [1.54, 1.807) is 17.9 Å². The smallest absolute Gasteiger partial charge is 0.312 e. The number of aliphatic hydroxyl groups excluding tert-OH is 1. The number of hydrogen-bond acceptors (Lipinski definition) is 6. The van der Waals surface area contributed by atoms with E-state index in [0.29, 0.717) is 19.4 Å². The van der Waals surface area contributed by atoms with Gasteiger partial charge in [0.2, 0.25) is 11.8 Å². The average Bonchev–Trinajstić information content (AvgIpc) is 3.33. The molecule has 32 heavy (non-hydrogen) atoms. The van der Waals surface area contributed by atoms with Gasteiger partial charge in [0.15, 0.2) is 0 Å². The molecule has 3 fully saturated rings. The Labute approximate surface area is 190 Å². The molecule has 0 aromatic carbocycles. The van der Waals surface area contributed by atoms with Crippen molar-refractivity contribution in [2.24, 2.45) is 17.8 Å². The maximum Gasteiger partial charge on any atom is 0.312 e. The average molecular weight is 451 g/mol. The number of rotatable bonds is 8.